The minimum atomic E-state index is -3.03. The Morgan fingerprint density at radius 3 is 2.59 bits per heavy atom. The normalized spacial score (nSPS) is 24.1. The Balaban J connectivity index is 1.32. The maximum Gasteiger partial charge on any atom is 0.312 e. The molecule has 2 N–H and O–H groups in total. The number of ether oxygens (including phenoxy) is 2. The van der Waals surface area contributed by atoms with Crippen LogP contribution in [0.4, 0.5) is 28.8 Å². The Labute approximate surface area is 243 Å². The van der Waals surface area contributed by atoms with Crippen LogP contribution >= 0.6 is 0 Å². The lowest BCUT2D eigenvalue weighted by Gasteiger charge is -2.42. The largest absolute Gasteiger partial charge is 0.495 e. The molecule has 0 unspecified atom stereocenters. The van der Waals surface area contributed by atoms with Crippen LogP contribution in [0.3, 0.4) is 0 Å². The standard InChI is InChI=1S/C29H42N8O2/c1-5-24-27(31-21-10-18-39-19-11-21)34-29(28(30-2)33-24)32-22-6-7-25(26(20-22)38-4)37-12-8-23(9-13-37)36-16-14-35(3)15-17-36/h6-7,20-21,23H,5,8-19H2,1,3-4H3,(H2,31,32,34)/i1D3,3D3,5D2. The quantitative estimate of drug-likeness (QED) is 0.478. The van der Waals surface area contributed by atoms with Gasteiger partial charge in [-0.05, 0) is 44.8 Å². The molecule has 0 radical (unpaired) electrons. The Hall–Kier alpha value is -3.13. The number of rotatable bonds is 8. The zero-order valence-electron chi connectivity index (χ0n) is 30.4. The maximum absolute atomic E-state index is 8.38. The van der Waals surface area contributed by atoms with E-state index in [-0.39, 0.29) is 23.5 Å². The Kier molecular flexibility index (Phi) is 6.25. The SMILES string of the molecule is [2H]C([2H])([2H])N1CCN(C2CCN(c3ccc(Nc4nc(NC5CCOCC5)c(C([2H])([2H])C([2H])([2H])[2H])nc4[N+]#[C-])cc3OC)CC2)CC1. The first-order chi connectivity index (χ1) is 22.2. The van der Waals surface area contributed by atoms with Gasteiger partial charge in [-0.25, -0.2) is 4.98 Å². The second-order valence-corrected chi connectivity index (χ2v) is 10.1. The first-order valence-electron chi connectivity index (χ1n) is 17.5. The van der Waals surface area contributed by atoms with E-state index in [4.69, 9.17) is 27.0 Å². The molecule has 1 aromatic carbocycles. The molecule has 0 aliphatic carbocycles. The summed E-state index contributed by atoms with van der Waals surface area (Å²) in [5, 5.41) is 6.29. The molecule has 0 atom stereocenters. The number of methoxy groups -OCH3 is 1. The molecule has 4 heterocycles. The smallest absolute Gasteiger partial charge is 0.312 e. The molecule has 5 rings (SSSR count). The van der Waals surface area contributed by atoms with Gasteiger partial charge >= 0.3 is 5.82 Å². The molecule has 0 bridgehead atoms. The number of likely N-dealkylation sites (N-methyl/N-ethyl adjacent to an activating group) is 1. The fraction of sp³-hybridized carbons (Fsp3) is 0.621. The number of aryl methyl sites for hydroxylation is 1. The van der Waals surface area contributed by atoms with Crippen molar-refractivity contribution in [2.24, 2.45) is 0 Å². The Morgan fingerprint density at radius 1 is 1.10 bits per heavy atom. The summed E-state index contributed by atoms with van der Waals surface area (Å²) in [6.45, 7) is 7.87. The summed E-state index contributed by atoms with van der Waals surface area (Å²) in [6.07, 6.45) is 0.292. The van der Waals surface area contributed by atoms with Crippen molar-refractivity contribution in [2.45, 2.75) is 51.0 Å². The molecule has 3 aliphatic rings. The molecule has 0 saturated carbocycles. The number of piperazine rings is 1. The van der Waals surface area contributed by atoms with Crippen molar-refractivity contribution < 1.29 is 20.4 Å². The third-order valence-corrected chi connectivity index (χ3v) is 7.74. The molecule has 10 heteroatoms. The molecule has 39 heavy (non-hydrogen) atoms. The van der Waals surface area contributed by atoms with Gasteiger partial charge in [-0.1, -0.05) is 13.4 Å². The average Bonchev–Trinajstić information content (AvgIpc) is 3.04. The highest BCUT2D eigenvalue weighted by Gasteiger charge is 2.28. The van der Waals surface area contributed by atoms with Gasteiger partial charge in [-0.15, -0.1) is 4.98 Å². The summed E-state index contributed by atoms with van der Waals surface area (Å²) in [5.41, 5.74) is 1.05. The fourth-order valence-corrected chi connectivity index (χ4v) is 5.52. The van der Waals surface area contributed by atoms with E-state index in [1.165, 1.54) is 0 Å². The van der Waals surface area contributed by atoms with Gasteiger partial charge in [0.15, 0.2) is 17.3 Å². The molecule has 1 aromatic heterocycles. The predicted molar refractivity (Wildman–Crippen MR) is 156 cm³/mol. The van der Waals surface area contributed by atoms with Crippen LogP contribution in [0.5, 0.6) is 5.75 Å². The number of hydrogen-bond donors (Lipinski definition) is 2. The highest BCUT2D eigenvalue weighted by atomic mass is 16.5. The van der Waals surface area contributed by atoms with E-state index in [9.17, 15) is 0 Å². The van der Waals surface area contributed by atoms with Crippen molar-refractivity contribution in [3.8, 4) is 5.75 Å². The first kappa shape index (κ1) is 19.0. The van der Waals surface area contributed by atoms with Crippen molar-refractivity contribution in [1.29, 1.82) is 0 Å². The topological polar surface area (TPSA) is 82.4 Å². The number of aromatic nitrogens is 2. The second-order valence-electron chi connectivity index (χ2n) is 10.1. The maximum atomic E-state index is 8.38. The van der Waals surface area contributed by atoms with Gasteiger partial charge in [-0.2, -0.15) is 0 Å². The molecule has 2 aromatic rings. The van der Waals surface area contributed by atoms with E-state index in [1.54, 1.807) is 18.1 Å². The number of piperidine rings is 1. The van der Waals surface area contributed by atoms with Crippen LogP contribution in [0.25, 0.3) is 4.85 Å². The summed E-state index contributed by atoms with van der Waals surface area (Å²) in [6, 6.07) is 5.84. The molecule has 210 valence electrons. The van der Waals surface area contributed by atoms with Gasteiger partial charge in [0, 0.05) is 93.7 Å². The van der Waals surface area contributed by atoms with Gasteiger partial charge in [0.2, 0.25) is 0 Å². The second kappa shape index (κ2) is 12.8. The fourth-order valence-electron chi connectivity index (χ4n) is 5.52. The van der Waals surface area contributed by atoms with E-state index in [1.807, 2.05) is 12.1 Å². The highest BCUT2D eigenvalue weighted by Crippen LogP contribution is 2.36. The lowest BCUT2D eigenvalue weighted by molar-refractivity contribution is 0.0903. The average molecular weight is 543 g/mol. The van der Waals surface area contributed by atoms with Gasteiger partial charge < -0.3 is 34.8 Å². The summed E-state index contributed by atoms with van der Waals surface area (Å²) in [5.74, 6) is 0.400. The van der Waals surface area contributed by atoms with Crippen LogP contribution in [-0.2, 0) is 11.1 Å². The molecule has 3 saturated heterocycles. The molecule has 0 amide bonds. The van der Waals surface area contributed by atoms with Crippen LogP contribution < -0.4 is 20.3 Å². The van der Waals surface area contributed by atoms with Gasteiger partial charge in [0.25, 0.3) is 0 Å². The molecular formula is C29H42N8O2. The lowest BCUT2D eigenvalue weighted by Crippen LogP contribution is -2.52. The molecule has 10 nitrogen and oxygen atoms in total. The number of nitrogens with zero attached hydrogens (tertiary/aromatic N) is 6. The van der Waals surface area contributed by atoms with Crippen molar-refractivity contribution in [1.82, 2.24) is 19.8 Å². The minimum Gasteiger partial charge on any atom is -0.495 e. The Bertz CT molecular complexity index is 1430. The van der Waals surface area contributed by atoms with Gasteiger partial charge in [0.05, 0.1) is 12.8 Å². The van der Waals surface area contributed by atoms with Crippen LogP contribution in [0.2, 0.25) is 0 Å². The summed E-state index contributed by atoms with van der Waals surface area (Å²) in [7, 11) is 1.59. The molecule has 3 aliphatic heterocycles. The summed E-state index contributed by atoms with van der Waals surface area (Å²) >= 11 is 0. The number of nitrogens with one attached hydrogen (secondary N) is 2. The van der Waals surface area contributed by atoms with Crippen molar-refractivity contribution >= 4 is 28.8 Å². The zero-order valence-corrected chi connectivity index (χ0v) is 22.4. The van der Waals surface area contributed by atoms with Crippen molar-refractivity contribution in [2.75, 3.05) is 82.1 Å². The van der Waals surface area contributed by atoms with E-state index in [0.717, 1.165) is 44.7 Å². The molecular weight excluding hydrogens is 492 g/mol. The number of benzene rings is 1. The van der Waals surface area contributed by atoms with Crippen LogP contribution in [0.15, 0.2) is 18.2 Å². The third kappa shape index (κ3) is 6.55. The zero-order chi connectivity index (χ0) is 34.0. The van der Waals surface area contributed by atoms with Gasteiger partial charge in [0.1, 0.15) is 5.75 Å². The number of anilines is 4. The predicted octanol–water partition coefficient (Wildman–Crippen LogP) is 4.15. The minimum absolute atomic E-state index is 0.0285. The molecule has 3 fully saturated rings. The first-order valence-corrected chi connectivity index (χ1v) is 13.5. The Morgan fingerprint density at radius 2 is 1.90 bits per heavy atom. The van der Waals surface area contributed by atoms with Crippen LogP contribution in [-0.4, -0.2) is 98.4 Å². The van der Waals surface area contributed by atoms with Gasteiger partial charge in [-0.3, -0.25) is 4.90 Å². The van der Waals surface area contributed by atoms with E-state index < -0.39 is 25.9 Å². The van der Waals surface area contributed by atoms with E-state index >= 15 is 0 Å². The third-order valence-electron chi connectivity index (χ3n) is 7.74. The monoisotopic (exact) mass is 542 g/mol. The molecule has 0 spiro atoms. The van der Waals surface area contributed by atoms with E-state index in [0.29, 0.717) is 56.6 Å². The van der Waals surface area contributed by atoms with Crippen molar-refractivity contribution in [3.63, 3.8) is 0 Å². The lowest BCUT2D eigenvalue weighted by atomic mass is 10.0. The summed E-state index contributed by atoms with van der Waals surface area (Å²) < 4.78 is 74.3. The van der Waals surface area contributed by atoms with Crippen LogP contribution in [0, 0.1) is 6.57 Å². The highest BCUT2D eigenvalue weighted by molar-refractivity contribution is 5.74. The van der Waals surface area contributed by atoms with E-state index in [2.05, 4.69) is 35.2 Å². The summed E-state index contributed by atoms with van der Waals surface area (Å²) in [4.78, 5) is 18.4. The number of hydrogen-bond acceptors (Lipinski definition) is 9. The van der Waals surface area contributed by atoms with Crippen molar-refractivity contribution in [3.05, 3.63) is 35.3 Å². The van der Waals surface area contributed by atoms with Crippen LogP contribution in [0.1, 0.15) is 49.2 Å².